The van der Waals surface area contributed by atoms with E-state index in [4.69, 9.17) is 4.98 Å². The van der Waals surface area contributed by atoms with Gasteiger partial charge in [0.25, 0.3) is 0 Å². The fourth-order valence-corrected chi connectivity index (χ4v) is 3.92. The quantitative estimate of drug-likeness (QED) is 0.381. The summed E-state index contributed by atoms with van der Waals surface area (Å²) >= 11 is 0. The topological polar surface area (TPSA) is 67.2 Å². The van der Waals surface area contributed by atoms with Crippen molar-refractivity contribution in [1.82, 2.24) is 9.55 Å². The van der Waals surface area contributed by atoms with Gasteiger partial charge in [-0.05, 0) is 47.4 Å². The molecule has 1 aromatic heterocycles. The number of carboxylic acid groups (broad SMARTS) is 1. The van der Waals surface area contributed by atoms with E-state index in [9.17, 15) is 9.90 Å². The lowest BCUT2D eigenvalue weighted by Gasteiger charge is -2.11. The van der Waals surface area contributed by atoms with E-state index in [-0.39, 0.29) is 0 Å². The number of imidazole rings is 1. The second-order valence-corrected chi connectivity index (χ2v) is 7.72. The van der Waals surface area contributed by atoms with Crippen LogP contribution in [0.2, 0.25) is 0 Å². The molecular formula is C26H27N3O2. The standard InChI is InChI=1S/C26H27N3O2/c1-3-4-9-25-28-23-15-14-20(27-2)16-24(23)29(25)17-18-10-12-19(13-11-18)21-7-5-6-8-22(21)26(30)31/h5-8,10-16,27H,3-4,9,17H2,1-2H3,(H,30,31). The van der Waals surface area contributed by atoms with E-state index in [1.165, 1.54) is 0 Å². The van der Waals surface area contributed by atoms with E-state index in [0.29, 0.717) is 5.56 Å². The number of hydrogen-bond acceptors (Lipinski definition) is 3. The van der Waals surface area contributed by atoms with Crippen LogP contribution in [0.25, 0.3) is 22.2 Å². The molecule has 0 amide bonds. The summed E-state index contributed by atoms with van der Waals surface area (Å²) in [5.41, 5.74) is 6.31. The molecule has 3 aromatic carbocycles. The van der Waals surface area contributed by atoms with Crippen LogP contribution in [-0.4, -0.2) is 27.7 Å². The number of nitrogens with one attached hydrogen (secondary N) is 1. The van der Waals surface area contributed by atoms with Gasteiger partial charge < -0.3 is 15.0 Å². The molecule has 5 heteroatoms. The summed E-state index contributed by atoms with van der Waals surface area (Å²) in [5, 5.41) is 12.7. The van der Waals surface area contributed by atoms with Gasteiger partial charge in [-0.15, -0.1) is 0 Å². The van der Waals surface area contributed by atoms with Crippen LogP contribution in [-0.2, 0) is 13.0 Å². The molecule has 2 N–H and O–H groups in total. The van der Waals surface area contributed by atoms with Crippen molar-refractivity contribution < 1.29 is 9.90 Å². The molecule has 4 rings (SSSR count). The normalized spacial score (nSPS) is 11.0. The Hall–Kier alpha value is -3.60. The lowest BCUT2D eigenvalue weighted by Crippen LogP contribution is -2.06. The van der Waals surface area contributed by atoms with Crippen molar-refractivity contribution in [3.8, 4) is 11.1 Å². The summed E-state index contributed by atoms with van der Waals surface area (Å²) in [6.45, 7) is 2.92. The van der Waals surface area contributed by atoms with Gasteiger partial charge in [-0.3, -0.25) is 0 Å². The molecule has 0 atom stereocenters. The number of fused-ring (bicyclic) bond motifs is 1. The molecule has 31 heavy (non-hydrogen) atoms. The van der Waals surface area contributed by atoms with Crippen LogP contribution in [0.4, 0.5) is 5.69 Å². The number of aromatic nitrogens is 2. The Kier molecular flexibility index (Phi) is 6.03. The molecule has 0 saturated heterocycles. The van der Waals surface area contributed by atoms with Gasteiger partial charge in [-0.25, -0.2) is 9.78 Å². The molecule has 5 nitrogen and oxygen atoms in total. The van der Waals surface area contributed by atoms with Gasteiger partial charge >= 0.3 is 5.97 Å². The summed E-state index contributed by atoms with van der Waals surface area (Å²) < 4.78 is 2.30. The largest absolute Gasteiger partial charge is 0.478 e. The van der Waals surface area contributed by atoms with Crippen molar-refractivity contribution in [2.75, 3.05) is 12.4 Å². The molecule has 4 aromatic rings. The Morgan fingerprint density at radius 3 is 2.55 bits per heavy atom. The van der Waals surface area contributed by atoms with Crippen molar-refractivity contribution in [1.29, 1.82) is 0 Å². The van der Waals surface area contributed by atoms with E-state index in [2.05, 4.69) is 47.1 Å². The fraction of sp³-hybridized carbons (Fsp3) is 0.231. The number of hydrogen-bond donors (Lipinski definition) is 2. The summed E-state index contributed by atoms with van der Waals surface area (Å²) in [5.74, 6) is 0.191. The minimum Gasteiger partial charge on any atom is -0.478 e. The number of nitrogens with zero attached hydrogens (tertiary/aromatic N) is 2. The fourth-order valence-electron chi connectivity index (χ4n) is 3.92. The van der Waals surface area contributed by atoms with Crippen LogP contribution >= 0.6 is 0 Å². The number of benzene rings is 3. The van der Waals surface area contributed by atoms with Crippen LogP contribution in [0, 0.1) is 0 Å². The Labute approximate surface area is 182 Å². The Balaban J connectivity index is 1.68. The highest BCUT2D eigenvalue weighted by molar-refractivity contribution is 5.96. The second-order valence-electron chi connectivity index (χ2n) is 7.72. The van der Waals surface area contributed by atoms with Crippen LogP contribution in [0.5, 0.6) is 0 Å². The number of carboxylic acids is 1. The van der Waals surface area contributed by atoms with Crippen LogP contribution in [0.1, 0.15) is 41.5 Å². The van der Waals surface area contributed by atoms with E-state index in [1.807, 2.05) is 31.3 Å². The molecule has 0 aliphatic rings. The van der Waals surface area contributed by atoms with E-state index in [1.54, 1.807) is 12.1 Å². The van der Waals surface area contributed by atoms with E-state index < -0.39 is 5.97 Å². The molecule has 0 aliphatic carbocycles. The molecular weight excluding hydrogens is 386 g/mol. The summed E-state index contributed by atoms with van der Waals surface area (Å²) in [4.78, 5) is 16.4. The predicted octanol–water partition coefficient (Wildman–Crippen LogP) is 5.83. The van der Waals surface area contributed by atoms with Crippen molar-refractivity contribution in [2.45, 2.75) is 32.7 Å². The number of rotatable bonds is 8. The second kappa shape index (κ2) is 9.04. The summed E-state index contributed by atoms with van der Waals surface area (Å²) in [6.07, 6.45) is 3.18. The predicted molar refractivity (Wildman–Crippen MR) is 126 cm³/mol. The van der Waals surface area contributed by atoms with Crippen molar-refractivity contribution in [3.63, 3.8) is 0 Å². The molecule has 0 radical (unpaired) electrons. The van der Waals surface area contributed by atoms with E-state index >= 15 is 0 Å². The first-order valence-corrected chi connectivity index (χ1v) is 10.7. The third-order valence-corrected chi connectivity index (χ3v) is 5.63. The minimum absolute atomic E-state index is 0.317. The van der Waals surface area contributed by atoms with Gasteiger partial charge in [0.2, 0.25) is 0 Å². The zero-order valence-electron chi connectivity index (χ0n) is 17.9. The SMILES string of the molecule is CCCCc1nc2ccc(NC)cc2n1Cc1ccc(-c2ccccc2C(=O)O)cc1. The van der Waals surface area contributed by atoms with Crippen molar-refractivity contribution in [3.05, 3.63) is 83.7 Å². The average Bonchev–Trinajstić information content (AvgIpc) is 3.14. The summed E-state index contributed by atoms with van der Waals surface area (Å²) in [6, 6.07) is 21.5. The van der Waals surface area contributed by atoms with Gasteiger partial charge in [0.1, 0.15) is 5.82 Å². The highest BCUT2D eigenvalue weighted by Crippen LogP contribution is 2.26. The first kappa shape index (κ1) is 20.7. The molecule has 0 spiro atoms. The Morgan fingerprint density at radius 1 is 1.06 bits per heavy atom. The number of anilines is 1. The number of aromatic carboxylic acids is 1. The van der Waals surface area contributed by atoms with Gasteiger partial charge in [-0.1, -0.05) is 55.8 Å². The molecule has 0 saturated carbocycles. The first-order chi connectivity index (χ1) is 15.1. The average molecular weight is 414 g/mol. The maximum Gasteiger partial charge on any atom is 0.336 e. The van der Waals surface area contributed by atoms with Crippen LogP contribution < -0.4 is 5.32 Å². The van der Waals surface area contributed by atoms with Gasteiger partial charge in [0.05, 0.1) is 16.6 Å². The van der Waals surface area contributed by atoms with Gasteiger partial charge in [-0.2, -0.15) is 0 Å². The van der Waals surface area contributed by atoms with Crippen molar-refractivity contribution >= 4 is 22.7 Å². The zero-order chi connectivity index (χ0) is 21.8. The number of carbonyl (C=O) groups is 1. The number of aryl methyl sites for hydroxylation is 1. The highest BCUT2D eigenvalue weighted by atomic mass is 16.4. The molecule has 0 aliphatic heterocycles. The summed E-state index contributed by atoms with van der Waals surface area (Å²) in [7, 11) is 1.92. The Bertz CT molecular complexity index is 1210. The van der Waals surface area contributed by atoms with Crippen LogP contribution in [0.3, 0.4) is 0 Å². The third-order valence-electron chi connectivity index (χ3n) is 5.63. The smallest absolute Gasteiger partial charge is 0.336 e. The van der Waals surface area contributed by atoms with Crippen molar-refractivity contribution in [2.24, 2.45) is 0 Å². The minimum atomic E-state index is -0.912. The molecule has 0 fully saturated rings. The molecule has 158 valence electrons. The Morgan fingerprint density at radius 2 is 1.84 bits per heavy atom. The lowest BCUT2D eigenvalue weighted by molar-refractivity contribution is 0.0697. The van der Waals surface area contributed by atoms with E-state index in [0.717, 1.165) is 65.0 Å². The molecule has 1 heterocycles. The first-order valence-electron chi connectivity index (χ1n) is 10.7. The zero-order valence-corrected chi connectivity index (χ0v) is 17.9. The third kappa shape index (κ3) is 4.31. The maximum absolute atomic E-state index is 11.6. The van der Waals surface area contributed by atoms with Gasteiger partial charge in [0.15, 0.2) is 0 Å². The highest BCUT2D eigenvalue weighted by Gasteiger charge is 2.13. The monoisotopic (exact) mass is 413 g/mol. The van der Waals surface area contributed by atoms with Gasteiger partial charge in [0, 0.05) is 25.7 Å². The lowest BCUT2D eigenvalue weighted by atomic mass is 9.99. The van der Waals surface area contributed by atoms with Crippen LogP contribution in [0.15, 0.2) is 66.7 Å². The molecule has 0 bridgehead atoms. The maximum atomic E-state index is 11.6. The molecule has 0 unspecified atom stereocenters. The number of unbranched alkanes of at least 4 members (excludes halogenated alkanes) is 1.